The zero-order valence-corrected chi connectivity index (χ0v) is 12.8. The summed E-state index contributed by atoms with van der Waals surface area (Å²) in [6, 6.07) is 0.387. The first-order chi connectivity index (χ1) is 9.11. The number of thiazole rings is 1. The summed E-state index contributed by atoms with van der Waals surface area (Å²) in [5, 5.41) is 4.08. The number of rotatable bonds is 6. The second-order valence-electron chi connectivity index (χ2n) is 5.24. The third kappa shape index (κ3) is 3.93. The van der Waals surface area contributed by atoms with Crippen LogP contribution in [0.15, 0.2) is 6.20 Å². The molecule has 1 heterocycles. The number of aryl methyl sites for hydroxylation is 1. The van der Waals surface area contributed by atoms with E-state index in [4.69, 9.17) is 0 Å². The summed E-state index contributed by atoms with van der Waals surface area (Å²) in [7, 11) is 1.89. The second-order valence-corrected chi connectivity index (χ2v) is 6.44. The summed E-state index contributed by atoms with van der Waals surface area (Å²) in [4.78, 5) is 19.5. The summed E-state index contributed by atoms with van der Waals surface area (Å²) in [6.45, 7) is 4.93. The molecule has 5 heteroatoms. The van der Waals surface area contributed by atoms with Gasteiger partial charge in [0.25, 0.3) is 0 Å². The Hall–Kier alpha value is -1.10. The molecule has 1 atom stereocenters. The molecule has 1 N–H and O–H groups in total. The average Bonchev–Trinajstić information content (AvgIpc) is 3.17. The van der Waals surface area contributed by atoms with Crippen LogP contribution in [-0.2, 0) is 12.8 Å². The van der Waals surface area contributed by atoms with Crippen LogP contribution in [0.5, 0.6) is 0 Å². The number of aromatic nitrogens is 1. The maximum absolute atomic E-state index is 12.0. The lowest BCUT2D eigenvalue weighted by Gasteiger charge is -2.25. The summed E-state index contributed by atoms with van der Waals surface area (Å²) in [6.07, 6.45) is 6.31. The quantitative estimate of drug-likeness (QED) is 0.871. The zero-order valence-electron chi connectivity index (χ0n) is 12.0. The van der Waals surface area contributed by atoms with Gasteiger partial charge in [0.05, 0.1) is 5.01 Å². The number of carbonyl (C=O) groups excluding carboxylic acids is 1. The van der Waals surface area contributed by atoms with Crippen LogP contribution in [0, 0.1) is 5.92 Å². The van der Waals surface area contributed by atoms with Gasteiger partial charge in [0.1, 0.15) is 0 Å². The highest BCUT2D eigenvalue weighted by Crippen LogP contribution is 2.34. The molecule has 0 aromatic carbocycles. The van der Waals surface area contributed by atoms with E-state index < -0.39 is 0 Å². The van der Waals surface area contributed by atoms with Crippen LogP contribution in [0.25, 0.3) is 0 Å². The fraction of sp³-hybridized carbons (Fsp3) is 0.714. The Labute approximate surface area is 119 Å². The molecule has 2 rings (SSSR count). The molecule has 0 unspecified atom stereocenters. The molecule has 1 aliphatic carbocycles. The van der Waals surface area contributed by atoms with Gasteiger partial charge in [-0.3, -0.25) is 0 Å². The molecule has 0 radical (unpaired) electrons. The SMILES string of the molecule is CCc1cnc(CCNC(=O)N(C)[C@@H](C)C2CC2)s1. The Bertz CT molecular complexity index is 428. The highest BCUT2D eigenvalue weighted by atomic mass is 32.1. The first-order valence-electron chi connectivity index (χ1n) is 7.06. The first kappa shape index (κ1) is 14.3. The molecule has 1 aliphatic rings. The molecular weight excluding hydrogens is 258 g/mol. The third-order valence-electron chi connectivity index (χ3n) is 3.80. The largest absolute Gasteiger partial charge is 0.338 e. The van der Waals surface area contributed by atoms with Gasteiger partial charge in [-0.25, -0.2) is 9.78 Å². The van der Waals surface area contributed by atoms with E-state index in [1.165, 1.54) is 17.7 Å². The van der Waals surface area contributed by atoms with Crippen molar-refractivity contribution in [3.05, 3.63) is 16.1 Å². The topological polar surface area (TPSA) is 45.2 Å². The van der Waals surface area contributed by atoms with Crippen molar-refractivity contribution in [1.29, 1.82) is 0 Å². The predicted molar refractivity (Wildman–Crippen MR) is 78.5 cm³/mol. The number of hydrogen-bond acceptors (Lipinski definition) is 3. The molecule has 1 aromatic rings. The molecule has 4 nitrogen and oxygen atoms in total. The number of nitrogens with zero attached hydrogens (tertiary/aromatic N) is 2. The second kappa shape index (κ2) is 6.37. The summed E-state index contributed by atoms with van der Waals surface area (Å²) < 4.78 is 0. The van der Waals surface area contributed by atoms with Gasteiger partial charge in [0.2, 0.25) is 0 Å². The van der Waals surface area contributed by atoms with Gasteiger partial charge in [0, 0.05) is 37.1 Å². The van der Waals surface area contributed by atoms with Gasteiger partial charge in [0.15, 0.2) is 0 Å². The molecule has 1 aromatic heterocycles. The molecular formula is C14H23N3OS. The lowest BCUT2D eigenvalue weighted by Crippen LogP contribution is -2.43. The molecule has 0 saturated heterocycles. The van der Waals surface area contributed by atoms with Crippen molar-refractivity contribution in [2.24, 2.45) is 5.92 Å². The number of carbonyl (C=O) groups is 1. The Morgan fingerprint density at radius 1 is 1.63 bits per heavy atom. The van der Waals surface area contributed by atoms with Crippen molar-refractivity contribution in [2.45, 2.75) is 45.6 Å². The number of urea groups is 1. The van der Waals surface area contributed by atoms with E-state index in [0.29, 0.717) is 18.5 Å². The molecule has 19 heavy (non-hydrogen) atoms. The fourth-order valence-electron chi connectivity index (χ4n) is 2.11. The molecule has 2 amide bonds. The molecule has 0 aliphatic heterocycles. The molecule has 0 bridgehead atoms. The van der Waals surface area contributed by atoms with Crippen molar-refractivity contribution in [3.8, 4) is 0 Å². The van der Waals surface area contributed by atoms with Gasteiger partial charge in [-0.15, -0.1) is 11.3 Å². The number of hydrogen-bond donors (Lipinski definition) is 1. The van der Waals surface area contributed by atoms with Gasteiger partial charge < -0.3 is 10.2 Å². The monoisotopic (exact) mass is 281 g/mol. The van der Waals surface area contributed by atoms with Crippen molar-refractivity contribution in [1.82, 2.24) is 15.2 Å². The van der Waals surface area contributed by atoms with Crippen LogP contribution in [0.3, 0.4) is 0 Å². The van der Waals surface area contributed by atoms with E-state index in [1.807, 2.05) is 18.1 Å². The maximum atomic E-state index is 12.0. The lowest BCUT2D eigenvalue weighted by molar-refractivity contribution is 0.188. The highest BCUT2D eigenvalue weighted by molar-refractivity contribution is 7.11. The van der Waals surface area contributed by atoms with E-state index in [0.717, 1.165) is 17.8 Å². The molecule has 1 saturated carbocycles. The van der Waals surface area contributed by atoms with Gasteiger partial charge in [-0.05, 0) is 32.1 Å². The predicted octanol–water partition coefficient (Wildman–Crippen LogP) is 2.69. The van der Waals surface area contributed by atoms with Gasteiger partial charge >= 0.3 is 6.03 Å². The standard InChI is InChI=1S/C14H23N3OS/c1-4-12-9-16-13(19-12)7-8-15-14(18)17(3)10(2)11-5-6-11/h9-11H,4-8H2,1-3H3,(H,15,18)/t10-/m0/s1. The van der Waals surface area contributed by atoms with E-state index in [1.54, 1.807) is 11.3 Å². The van der Waals surface area contributed by atoms with Crippen LogP contribution < -0.4 is 5.32 Å². The summed E-state index contributed by atoms with van der Waals surface area (Å²) >= 11 is 1.74. The van der Waals surface area contributed by atoms with E-state index in [9.17, 15) is 4.79 Å². The van der Waals surface area contributed by atoms with Crippen molar-refractivity contribution >= 4 is 17.4 Å². The van der Waals surface area contributed by atoms with Crippen LogP contribution in [0.4, 0.5) is 4.79 Å². The highest BCUT2D eigenvalue weighted by Gasteiger charge is 2.32. The summed E-state index contributed by atoms with van der Waals surface area (Å²) in [5.74, 6) is 0.710. The molecule has 1 fully saturated rings. The molecule has 0 spiro atoms. The van der Waals surface area contributed by atoms with Crippen LogP contribution in [-0.4, -0.2) is 35.5 Å². The smallest absolute Gasteiger partial charge is 0.317 e. The lowest BCUT2D eigenvalue weighted by atomic mass is 10.2. The minimum atomic E-state index is 0.0340. The van der Waals surface area contributed by atoms with E-state index >= 15 is 0 Å². The Balaban J connectivity index is 1.70. The van der Waals surface area contributed by atoms with E-state index in [2.05, 4.69) is 24.1 Å². The van der Waals surface area contributed by atoms with Crippen molar-refractivity contribution < 1.29 is 4.79 Å². The summed E-state index contributed by atoms with van der Waals surface area (Å²) in [5.41, 5.74) is 0. The zero-order chi connectivity index (χ0) is 13.8. The van der Waals surface area contributed by atoms with Gasteiger partial charge in [-0.1, -0.05) is 6.92 Å². The Morgan fingerprint density at radius 3 is 2.95 bits per heavy atom. The third-order valence-corrected chi connectivity index (χ3v) is 5.00. The average molecular weight is 281 g/mol. The maximum Gasteiger partial charge on any atom is 0.317 e. The van der Waals surface area contributed by atoms with Crippen LogP contribution >= 0.6 is 11.3 Å². The Morgan fingerprint density at radius 2 is 2.37 bits per heavy atom. The fourth-order valence-corrected chi connectivity index (χ4v) is 2.97. The van der Waals surface area contributed by atoms with E-state index in [-0.39, 0.29) is 6.03 Å². The van der Waals surface area contributed by atoms with Crippen molar-refractivity contribution in [3.63, 3.8) is 0 Å². The number of nitrogens with one attached hydrogen (secondary N) is 1. The Kier molecular flexibility index (Phi) is 4.80. The van der Waals surface area contributed by atoms with Crippen LogP contribution in [0.2, 0.25) is 0 Å². The minimum absolute atomic E-state index is 0.0340. The first-order valence-corrected chi connectivity index (χ1v) is 7.87. The van der Waals surface area contributed by atoms with Crippen molar-refractivity contribution in [2.75, 3.05) is 13.6 Å². The van der Waals surface area contributed by atoms with Gasteiger partial charge in [-0.2, -0.15) is 0 Å². The minimum Gasteiger partial charge on any atom is -0.338 e. The van der Waals surface area contributed by atoms with Crippen LogP contribution in [0.1, 0.15) is 36.6 Å². The normalized spacial score (nSPS) is 16.2. The molecule has 106 valence electrons. The number of amides is 2.